The molecule has 3 fully saturated rings. The molecular weight excluding hydrogens is 372 g/mol. The van der Waals surface area contributed by atoms with Crippen molar-refractivity contribution in [2.75, 3.05) is 0 Å². The van der Waals surface area contributed by atoms with Gasteiger partial charge < -0.3 is 5.11 Å². The van der Waals surface area contributed by atoms with Crippen LogP contribution in [0.1, 0.15) is 77.0 Å². The summed E-state index contributed by atoms with van der Waals surface area (Å²) in [6.07, 6.45) is 13.5. The van der Waals surface area contributed by atoms with Gasteiger partial charge in [-0.15, -0.1) is 0 Å². The number of aromatic nitrogens is 2. The van der Waals surface area contributed by atoms with Crippen LogP contribution in [0.25, 0.3) is 6.08 Å². The Morgan fingerprint density at radius 2 is 1.97 bits per heavy atom. The maximum absolute atomic E-state index is 13.6. The van der Waals surface area contributed by atoms with Crippen molar-refractivity contribution in [2.24, 2.45) is 28.6 Å². The van der Waals surface area contributed by atoms with Crippen LogP contribution in [0.4, 0.5) is 0 Å². The van der Waals surface area contributed by atoms with Crippen LogP contribution in [-0.4, -0.2) is 26.8 Å². The molecule has 0 spiro atoms. The van der Waals surface area contributed by atoms with Crippen LogP contribution in [0.5, 0.6) is 0 Å². The molecule has 0 saturated heterocycles. The molecule has 0 bridgehead atoms. The highest BCUT2D eigenvalue weighted by Crippen LogP contribution is 2.64. The zero-order valence-corrected chi connectivity index (χ0v) is 18.9. The van der Waals surface area contributed by atoms with Gasteiger partial charge in [0.2, 0.25) is 0 Å². The smallest absolute Gasteiger partial charge is 0.165 e. The second-order valence-electron chi connectivity index (χ2n) is 10.8. The molecule has 1 heterocycles. The molecule has 30 heavy (non-hydrogen) atoms. The average Bonchev–Trinajstić information content (AvgIpc) is 3.20. The van der Waals surface area contributed by atoms with Crippen molar-refractivity contribution in [3.05, 3.63) is 34.7 Å². The van der Waals surface area contributed by atoms with Gasteiger partial charge in [-0.2, -0.15) is 5.10 Å². The molecule has 162 valence electrons. The summed E-state index contributed by atoms with van der Waals surface area (Å²) in [7, 11) is 0. The normalized spacial score (nSPS) is 42.0. The maximum atomic E-state index is 13.6. The fourth-order valence-corrected chi connectivity index (χ4v) is 7.47. The number of rotatable bonds is 2. The topological polar surface area (TPSA) is 55.1 Å². The summed E-state index contributed by atoms with van der Waals surface area (Å²) >= 11 is 0. The molecule has 4 aliphatic carbocycles. The van der Waals surface area contributed by atoms with E-state index in [-0.39, 0.29) is 16.9 Å². The lowest BCUT2D eigenvalue weighted by Crippen LogP contribution is -2.50. The summed E-state index contributed by atoms with van der Waals surface area (Å²) in [5.41, 5.74) is 4.62. The average molecular weight is 409 g/mol. The maximum Gasteiger partial charge on any atom is 0.165 e. The summed E-state index contributed by atoms with van der Waals surface area (Å²) in [5, 5.41) is 14.8. The Hall–Kier alpha value is -1.68. The van der Waals surface area contributed by atoms with Crippen molar-refractivity contribution in [3.8, 4) is 0 Å². The van der Waals surface area contributed by atoms with Gasteiger partial charge in [0, 0.05) is 23.7 Å². The standard InChI is InChI=1S/C26H36N2O2/c1-5-28-15-18(16(2)27-28)12-17-13-23-21-7-6-19-14-20(29)8-10-25(19,3)22(21)9-11-26(23,4)24(17)30/h6,12,15,20-23,29H,5,7-11,13-14H2,1-4H3/b17-12-/t20?,21-,22+,23+,25+,26+/m1/s1. The number of Topliss-reactive ketones (excluding diaryl/α,β-unsaturated/α-hetero) is 1. The van der Waals surface area contributed by atoms with E-state index >= 15 is 0 Å². The van der Waals surface area contributed by atoms with Gasteiger partial charge in [0.15, 0.2) is 5.78 Å². The lowest BCUT2D eigenvalue weighted by atomic mass is 9.48. The lowest BCUT2D eigenvalue weighted by molar-refractivity contribution is -0.130. The minimum absolute atomic E-state index is 0.162. The first kappa shape index (κ1) is 20.2. The Morgan fingerprint density at radius 3 is 2.70 bits per heavy atom. The number of aliphatic hydroxyl groups is 1. The number of allylic oxidation sites excluding steroid dienone is 2. The summed E-state index contributed by atoms with van der Waals surface area (Å²) < 4.78 is 1.96. The number of carbonyl (C=O) groups is 1. The number of hydrogen-bond acceptors (Lipinski definition) is 3. The predicted octanol–water partition coefficient (Wildman–Crippen LogP) is 5.10. The number of carbonyl (C=O) groups excluding carboxylic acids is 1. The third-order valence-corrected chi connectivity index (χ3v) is 9.36. The van der Waals surface area contributed by atoms with Crippen molar-refractivity contribution in [1.29, 1.82) is 0 Å². The molecule has 1 unspecified atom stereocenters. The molecule has 4 nitrogen and oxygen atoms in total. The van der Waals surface area contributed by atoms with Gasteiger partial charge >= 0.3 is 0 Å². The van der Waals surface area contributed by atoms with E-state index < -0.39 is 0 Å². The monoisotopic (exact) mass is 408 g/mol. The second kappa shape index (κ2) is 6.91. The molecule has 1 aromatic rings. The highest BCUT2D eigenvalue weighted by atomic mass is 16.3. The number of ketones is 1. The highest BCUT2D eigenvalue weighted by Gasteiger charge is 2.59. The van der Waals surface area contributed by atoms with Gasteiger partial charge in [-0.25, -0.2) is 0 Å². The first-order valence-corrected chi connectivity index (χ1v) is 11.9. The van der Waals surface area contributed by atoms with Crippen molar-refractivity contribution >= 4 is 11.9 Å². The van der Waals surface area contributed by atoms with Crippen LogP contribution in [0, 0.1) is 35.5 Å². The van der Waals surface area contributed by atoms with Crippen LogP contribution in [0.15, 0.2) is 23.4 Å². The molecule has 3 saturated carbocycles. The molecular formula is C26H36N2O2. The van der Waals surface area contributed by atoms with E-state index in [9.17, 15) is 9.90 Å². The predicted molar refractivity (Wildman–Crippen MR) is 119 cm³/mol. The quantitative estimate of drug-likeness (QED) is 0.547. The van der Waals surface area contributed by atoms with E-state index in [1.54, 1.807) is 0 Å². The van der Waals surface area contributed by atoms with Crippen LogP contribution in [0.2, 0.25) is 0 Å². The number of fused-ring (bicyclic) bond motifs is 5. The van der Waals surface area contributed by atoms with Gasteiger partial charge in [0.1, 0.15) is 0 Å². The molecule has 0 amide bonds. The molecule has 0 radical (unpaired) electrons. The zero-order valence-electron chi connectivity index (χ0n) is 18.9. The summed E-state index contributed by atoms with van der Waals surface area (Å²) in [5.74, 6) is 2.06. The third-order valence-electron chi connectivity index (χ3n) is 9.36. The molecule has 0 aliphatic heterocycles. The van der Waals surface area contributed by atoms with Crippen LogP contribution < -0.4 is 0 Å². The fraction of sp³-hybridized carbons (Fsp3) is 0.692. The van der Waals surface area contributed by atoms with Crippen LogP contribution in [0.3, 0.4) is 0 Å². The molecule has 4 aliphatic rings. The van der Waals surface area contributed by atoms with Gasteiger partial charge in [0.05, 0.1) is 11.8 Å². The van der Waals surface area contributed by atoms with E-state index in [0.717, 1.165) is 68.3 Å². The Balaban J connectivity index is 1.48. The Kier molecular flexibility index (Phi) is 4.66. The van der Waals surface area contributed by atoms with Gasteiger partial charge in [0.25, 0.3) is 0 Å². The van der Waals surface area contributed by atoms with E-state index in [4.69, 9.17) is 0 Å². The Morgan fingerprint density at radius 1 is 1.20 bits per heavy atom. The molecule has 5 rings (SSSR count). The van der Waals surface area contributed by atoms with Crippen molar-refractivity contribution in [2.45, 2.75) is 85.3 Å². The first-order valence-electron chi connectivity index (χ1n) is 11.9. The third kappa shape index (κ3) is 2.82. The van der Waals surface area contributed by atoms with Gasteiger partial charge in [-0.1, -0.05) is 25.5 Å². The van der Waals surface area contributed by atoms with Gasteiger partial charge in [-0.3, -0.25) is 9.48 Å². The molecule has 0 aromatic carbocycles. The SMILES string of the molecule is CCn1cc(/C=C2/C[C@H]3[C@@H]4CC=C5CC(O)CC[C@]5(C)[C@H]4CC[C@]3(C)C2=O)c(C)n1. The number of aryl methyl sites for hydroxylation is 2. The van der Waals surface area contributed by atoms with E-state index in [1.807, 2.05) is 11.6 Å². The molecule has 6 atom stereocenters. The molecule has 1 aromatic heterocycles. The molecule has 4 heteroatoms. The van der Waals surface area contributed by atoms with Crippen molar-refractivity contribution in [3.63, 3.8) is 0 Å². The first-order chi connectivity index (χ1) is 14.3. The number of aliphatic hydroxyl groups excluding tert-OH is 1. The minimum atomic E-state index is -0.211. The van der Waals surface area contributed by atoms with Crippen LogP contribution >= 0.6 is 0 Å². The van der Waals surface area contributed by atoms with Crippen molar-refractivity contribution < 1.29 is 9.90 Å². The number of hydrogen-bond donors (Lipinski definition) is 1. The van der Waals surface area contributed by atoms with Crippen LogP contribution in [-0.2, 0) is 11.3 Å². The lowest BCUT2D eigenvalue weighted by Gasteiger charge is -2.56. The molecule has 1 N–H and O–H groups in total. The summed E-state index contributed by atoms with van der Waals surface area (Å²) in [4.78, 5) is 13.6. The van der Waals surface area contributed by atoms with E-state index in [1.165, 1.54) is 5.57 Å². The Labute approximate surface area is 180 Å². The van der Waals surface area contributed by atoms with E-state index in [2.05, 4.69) is 44.2 Å². The van der Waals surface area contributed by atoms with E-state index in [0.29, 0.717) is 23.5 Å². The van der Waals surface area contributed by atoms with Crippen molar-refractivity contribution in [1.82, 2.24) is 9.78 Å². The minimum Gasteiger partial charge on any atom is -0.393 e. The Bertz CT molecular complexity index is 941. The fourth-order valence-electron chi connectivity index (χ4n) is 7.47. The zero-order chi connectivity index (χ0) is 21.3. The highest BCUT2D eigenvalue weighted by molar-refractivity contribution is 6.06. The summed E-state index contributed by atoms with van der Waals surface area (Å²) in [6.45, 7) is 9.67. The number of nitrogens with zero attached hydrogens (tertiary/aromatic N) is 2. The second-order valence-corrected chi connectivity index (χ2v) is 10.8. The largest absolute Gasteiger partial charge is 0.393 e. The van der Waals surface area contributed by atoms with Gasteiger partial charge in [-0.05, 0) is 93.6 Å². The summed E-state index contributed by atoms with van der Waals surface area (Å²) in [6, 6.07) is 0.